The van der Waals surface area contributed by atoms with Gasteiger partial charge >= 0.3 is 0 Å². The van der Waals surface area contributed by atoms with Crippen LogP contribution < -0.4 is 15.5 Å². The van der Waals surface area contributed by atoms with Gasteiger partial charge in [-0.2, -0.15) is 5.10 Å². The number of thiocarbonyl (C=S) groups is 1. The highest BCUT2D eigenvalue weighted by molar-refractivity contribution is 7.80. The third kappa shape index (κ3) is 5.77. The second kappa shape index (κ2) is 9.82. The number of nitrogens with one attached hydrogen (secondary N) is 2. The van der Waals surface area contributed by atoms with Crippen LogP contribution in [0.5, 0.6) is 5.75 Å². The summed E-state index contributed by atoms with van der Waals surface area (Å²) in [4.78, 5) is 0. The van der Waals surface area contributed by atoms with Gasteiger partial charge in [-0.25, -0.2) is 4.39 Å². The Morgan fingerprint density at radius 2 is 1.86 bits per heavy atom. The molecule has 28 heavy (non-hydrogen) atoms. The van der Waals surface area contributed by atoms with Crippen LogP contribution in [0, 0.1) is 5.82 Å². The van der Waals surface area contributed by atoms with Gasteiger partial charge < -0.3 is 10.1 Å². The number of para-hydroxylation sites is 1. The Bertz CT molecular complexity index is 962. The van der Waals surface area contributed by atoms with Gasteiger partial charge in [-0.15, -0.1) is 0 Å². The van der Waals surface area contributed by atoms with Gasteiger partial charge in [0.15, 0.2) is 5.11 Å². The molecule has 0 aliphatic carbocycles. The van der Waals surface area contributed by atoms with Gasteiger partial charge in [0, 0.05) is 11.3 Å². The highest BCUT2D eigenvalue weighted by Crippen LogP contribution is 2.21. The number of anilines is 1. The Kier molecular flexibility index (Phi) is 6.94. The molecule has 3 aromatic rings. The molecule has 0 bridgehead atoms. The lowest BCUT2D eigenvalue weighted by atomic mass is 10.2. The van der Waals surface area contributed by atoms with Gasteiger partial charge in [0.2, 0.25) is 0 Å². The van der Waals surface area contributed by atoms with Gasteiger partial charge in [-0.3, -0.25) is 5.43 Å². The first-order valence-electron chi connectivity index (χ1n) is 8.42. The smallest absolute Gasteiger partial charge is 0.191 e. The molecule has 0 unspecified atom stereocenters. The molecule has 4 nitrogen and oxygen atoms in total. The fourth-order valence-electron chi connectivity index (χ4n) is 2.36. The summed E-state index contributed by atoms with van der Waals surface area (Å²) in [6.45, 7) is 0.0371. The third-order valence-corrected chi connectivity index (χ3v) is 4.26. The van der Waals surface area contributed by atoms with Crippen molar-refractivity contribution in [1.29, 1.82) is 0 Å². The number of nitrogens with zero attached hydrogens (tertiary/aromatic N) is 1. The molecule has 0 atom stereocenters. The molecular formula is C21H17ClFN3OS. The predicted molar refractivity (Wildman–Crippen MR) is 116 cm³/mol. The van der Waals surface area contributed by atoms with E-state index in [-0.39, 0.29) is 6.61 Å². The second-order valence-corrected chi connectivity index (χ2v) is 6.57. The summed E-state index contributed by atoms with van der Waals surface area (Å²) in [6, 6.07) is 21.3. The largest absolute Gasteiger partial charge is 0.489 e. The molecule has 0 spiro atoms. The first kappa shape index (κ1) is 19.8. The number of hydrogen-bond acceptors (Lipinski definition) is 3. The molecule has 142 valence electrons. The summed E-state index contributed by atoms with van der Waals surface area (Å²) in [5.74, 6) is 0.183. The lowest BCUT2D eigenvalue weighted by molar-refractivity contribution is 0.300. The fourth-order valence-corrected chi connectivity index (χ4v) is 2.74. The minimum atomic E-state index is -0.395. The quantitative estimate of drug-likeness (QED) is 0.323. The van der Waals surface area contributed by atoms with E-state index in [2.05, 4.69) is 15.8 Å². The maximum absolute atomic E-state index is 13.8. The summed E-state index contributed by atoms with van der Waals surface area (Å²) < 4.78 is 19.5. The molecule has 0 amide bonds. The first-order valence-corrected chi connectivity index (χ1v) is 9.21. The molecule has 2 N–H and O–H groups in total. The van der Waals surface area contributed by atoms with Crippen molar-refractivity contribution in [3.63, 3.8) is 0 Å². The lowest BCUT2D eigenvalue weighted by Gasteiger charge is -2.09. The van der Waals surface area contributed by atoms with E-state index in [4.69, 9.17) is 28.6 Å². The van der Waals surface area contributed by atoms with Crippen LogP contribution in [-0.2, 0) is 6.61 Å². The van der Waals surface area contributed by atoms with Crippen LogP contribution in [0.1, 0.15) is 11.1 Å². The van der Waals surface area contributed by atoms with Crippen molar-refractivity contribution in [3.05, 3.63) is 94.8 Å². The number of hydrogen-bond donors (Lipinski definition) is 2. The van der Waals surface area contributed by atoms with Crippen molar-refractivity contribution >= 4 is 40.8 Å². The average molecular weight is 414 g/mol. The number of ether oxygens (including phenoxy) is 1. The van der Waals surface area contributed by atoms with E-state index >= 15 is 0 Å². The van der Waals surface area contributed by atoms with Crippen LogP contribution in [-0.4, -0.2) is 11.3 Å². The summed E-state index contributed by atoms with van der Waals surface area (Å²) in [6.07, 6.45) is 1.61. The minimum absolute atomic E-state index is 0.0371. The minimum Gasteiger partial charge on any atom is -0.489 e. The predicted octanol–water partition coefficient (Wildman–Crippen LogP) is 5.38. The van der Waals surface area contributed by atoms with Crippen molar-refractivity contribution in [2.24, 2.45) is 5.10 Å². The molecule has 0 aliphatic heterocycles. The molecule has 3 rings (SSSR count). The zero-order valence-electron chi connectivity index (χ0n) is 14.7. The van der Waals surface area contributed by atoms with Crippen molar-refractivity contribution in [3.8, 4) is 5.75 Å². The number of hydrazone groups is 1. The van der Waals surface area contributed by atoms with E-state index < -0.39 is 5.82 Å². The standard InChI is InChI=1S/C21H17ClFN3OS/c22-19-10-5-11-20(23)18(19)14-27-17-9-4-6-15(12-17)13-24-26-21(28)25-16-7-2-1-3-8-16/h1-13H,14H2,(H2,25,26,28)/b24-13-. The van der Waals surface area contributed by atoms with E-state index in [1.807, 2.05) is 42.5 Å². The van der Waals surface area contributed by atoms with Gasteiger partial charge in [0.05, 0.1) is 11.2 Å². The Balaban J connectivity index is 1.55. The average Bonchev–Trinajstić information content (AvgIpc) is 2.69. The van der Waals surface area contributed by atoms with Gasteiger partial charge in [0.1, 0.15) is 18.2 Å². The first-order chi connectivity index (χ1) is 13.6. The van der Waals surface area contributed by atoms with Crippen LogP contribution in [0.25, 0.3) is 0 Å². The summed E-state index contributed by atoms with van der Waals surface area (Å²) in [5.41, 5.74) is 4.75. The van der Waals surface area contributed by atoms with E-state index in [0.717, 1.165) is 11.3 Å². The monoisotopic (exact) mass is 413 g/mol. The highest BCUT2D eigenvalue weighted by atomic mass is 35.5. The molecule has 0 heterocycles. The van der Waals surface area contributed by atoms with Crippen molar-refractivity contribution in [1.82, 2.24) is 5.43 Å². The topological polar surface area (TPSA) is 45.6 Å². The Hall–Kier alpha value is -2.96. The Morgan fingerprint density at radius 3 is 2.64 bits per heavy atom. The van der Waals surface area contributed by atoms with E-state index in [9.17, 15) is 4.39 Å². The third-order valence-electron chi connectivity index (χ3n) is 3.71. The molecule has 0 radical (unpaired) electrons. The molecule has 0 saturated carbocycles. The molecule has 0 aliphatic rings. The van der Waals surface area contributed by atoms with Crippen LogP contribution in [0.2, 0.25) is 5.02 Å². The number of benzene rings is 3. The Morgan fingerprint density at radius 1 is 1.07 bits per heavy atom. The normalized spacial score (nSPS) is 10.6. The molecule has 0 aromatic heterocycles. The number of rotatable bonds is 6. The van der Waals surface area contributed by atoms with E-state index in [1.54, 1.807) is 30.5 Å². The van der Waals surface area contributed by atoms with Gasteiger partial charge in [-0.1, -0.05) is 48.0 Å². The maximum Gasteiger partial charge on any atom is 0.191 e. The van der Waals surface area contributed by atoms with Crippen LogP contribution >= 0.6 is 23.8 Å². The summed E-state index contributed by atoms with van der Waals surface area (Å²) >= 11 is 11.2. The van der Waals surface area contributed by atoms with Crippen LogP contribution in [0.4, 0.5) is 10.1 Å². The molecule has 0 saturated heterocycles. The zero-order valence-corrected chi connectivity index (χ0v) is 16.3. The molecular weight excluding hydrogens is 397 g/mol. The van der Waals surface area contributed by atoms with Crippen LogP contribution in [0.15, 0.2) is 77.9 Å². The summed E-state index contributed by atoms with van der Waals surface area (Å²) in [7, 11) is 0. The Labute approximate surface area is 173 Å². The van der Waals surface area contributed by atoms with Crippen LogP contribution in [0.3, 0.4) is 0 Å². The van der Waals surface area contributed by atoms with Crippen molar-refractivity contribution in [2.45, 2.75) is 6.61 Å². The zero-order chi connectivity index (χ0) is 19.8. The van der Waals surface area contributed by atoms with Gasteiger partial charge in [-0.05, 0) is 54.2 Å². The van der Waals surface area contributed by atoms with E-state index in [1.165, 1.54) is 6.07 Å². The van der Waals surface area contributed by atoms with E-state index in [0.29, 0.717) is 21.4 Å². The second-order valence-electron chi connectivity index (χ2n) is 5.75. The SMILES string of the molecule is Fc1cccc(Cl)c1COc1cccc(/C=N\NC(=S)Nc2ccccc2)c1. The lowest BCUT2D eigenvalue weighted by Crippen LogP contribution is -2.23. The summed E-state index contributed by atoms with van der Waals surface area (Å²) in [5, 5.41) is 7.85. The molecule has 7 heteroatoms. The number of halogens is 2. The maximum atomic E-state index is 13.8. The highest BCUT2D eigenvalue weighted by Gasteiger charge is 2.07. The molecule has 0 fully saturated rings. The molecule has 3 aromatic carbocycles. The fraction of sp³-hybridized carbons (Fsp3) is 0.0476. The van der Waals surface area contributed by atoms with Crippen molar-refractivity contribution in [2.75, 3.05) is 5.32 Å². The van der Waals surface area contributed by atoms with Crippen molar-refractivity contribution < 1.29 is 9.13 Å². The van der Waals surface area contributed by atoms with Gasteiger partial charge in [0.25, 0.3) is 0 Å².